The number of nitrogens with one attached hydrogen (secondary N) is 2. The zero-order chi connectivity index (χ0) is 15.1. The molecule has 110 valence electrons. The number of carboxylic acid groups (broad SMARTS) is 1. The van der Waals surface area contributed by atoms with Crippen LogP contribution < -0.4 is 10.6 Å². The molecular formula is C15H22N2O3. The molecule has 0 unspecified atom stereocenters. The molecule has 0 aliphatic rings. The van der Waals surface area contributed by atoms with Crippen LogP contribution in [0.1, 0.15) is 31.4 Å². The largest absolute Gasteiger partial charge is 0.480 e. The first-order chi connectivity index (χ1) is 9.43. The topological polar surface area (TPSA) is 78.4 Å². The number of urea groups is 1. The molecule has 1 aromatic carbocycles. The smallest absolute Gasteiger partial charge is 0.326 e. The molecule has 0 bridgehead atoms. The molecule has 0 aliphatic carbocycles. The molecule has 2 amide bonds. The Hall–Kier alpha value is -2.04. The van der Waals surface area contributed by atoms with Crippen molar-refractivity contribution in [2.45, 2.75) is 39.8 Å². The van der Waals surface area contributed by atoms with Gasteiger partial charge in [-0.25, -0.2) is 9.59 Å². The highest BCUT2D eigenvalue weighted by molar-refractivity contribution is 5.82. The maximum Gasteiger partial charge on any atom is 0.326 e. The first-order valence-corrected chi connectivity index (χ1v) is 6.76. The number of rotatable bonds is 6. The normalized spacial score (nSPS) is 13.3. The Morgan fingerprint density at radius 1 is 1.35 bits per heavy atom. The van der Waals surface area contributed by atoms with Gasteiger partial charge in [0.05, 0.1) is 0 Å². The van der Waals surface area contributed by atoms with E-state index in [9.17, 15) is 9.59 Å². The number of aryl methyl sites for hydroxylation is 1. The van der Waals surface area contributed by atoms with Crippen LogP contribution in [0.5, 0.6) is 0 Å². The Morgan fingerprint density at radius 3 is 2.60 bits per heavy atom. The van der Waals surface area contributed by atoms with E-state index in [2.05, 4.69) is 10.6 Å². The molecule has 20 heavy (non-hydrogen) atoms. The Labute approximate surface area is 119 Å². The van der Waals surface area contributed by atoms with Gasteiger partial charge in [-0.15, -0.1) is 0 Å². The van der Waals surface area contributed by atoms with Gasteiger partial charge in [0, 0.05) is 6.54 Å². The summed E-state index contributed by atoms with van der Waals surface area (Å²) in [6.45, 7) is 6.06. The second-order valence-electron chi connectivity index (χ2n) is 5.02. The summed E-state index contributed by atoms with van der Waals surface area (Å²) in [6, 6.07) is 6.47. The summed E-state index contributed by atoms with van der Waals surface area (Å²) in [6.07, 6.45) is 0.690. The lowest BCUT2D eigenvalue weighted by Crippen LogP contribution is -2.48. The highest BCUT2D eigenvalue weighted by Crippen LogP contribution is 2.08. The molecule has 0 heterocycles. The van der Waals surface area contributed by atoms with E-state index in [1.807, 2.05) is 38.1 Å². The predicted molar refractivity (Wildman–Crippen MR) is 77.4 cm³/mol. The second-order valence-corrected chi connectivity index (χ2v) is 5.02. The lowest BCUT2D eigenvalue weighted by molar-refractivity contribution is -0.140. The fraction of sp³-hybridized carbons (Fsp3) is 0.467. The van der Waals surface area contributed by atoms with E-state index in [-0.39, 0.29) is 5.92 Å². The molecule has 1 aromatic rings. The first kappa shape index (κ1) is 16.0. The minimum absolute atomic E-state index is 0.114. The zero-order valence-corrected chi connectivity index (χ0v) is 12.1. The van der Waals surface area contributed by atoms with E-state index in [0.717, 1.165) is 11.1 Å². The van der Waals surface area contributed by atoms with Gasteiger partial charge in [0.15, 0.2) is 0 Å². The lowest BCUT2D eigenvalue weighted by atomic mass is 9.99. The van der Waals surface area contributed by atoms with E-state index < -0.39 is 18.0 Å². The van der Waals surface area contributed by atoms with Crippen LogP contribution in [0.2, 0.25) is 0 Å². The maximum atomic E-state index is 11.8. The summed E-state index contributed by atoms with van der Waals surface area (Å²) < 4.78 is 0. The van der Waals surface area contributed by atoms with E-state index in [0.29, 0.717) is 13.0 Å². The van der Waals surface area contributed by atoms with E-state index in [1.165, 1.54) is 0 Å². The molecule has 3 N–H and O–H groups in total. The van der Waals surface area contributed by atoms with Crippen LogP contribution in [-0.2, 0) is 11.3 Å². The maximum absolute atomic E-state index is 11.8. The monoisotopic (exact) mass is 278 g/mol. The van der Waals surface area contributed by atoms with Gasteiger partial charge in [-0.1, -0.05) is 50.1 Å². The number of carboxylic acids is 1. The van der Waals surface area contributed by atoms with E-state index >= 15 is 0 Å². The molecule has 1 rings (SSSR count). The second kappa shape index (κ2) is 7.53. The predicted octanol–water partition coefficient (Wildman–Crippen LogP) is 2.29. The SMILES string of the molecule is CC[C@H](C)[C@H](NC(=O)NCc1cccc(C)c1)C(=O)O. The summed E-state index contributed by atoms with van der Waals surface area (Å²) in [5.74, 6) is -1.12. The van der Waals surface area contributed by atoms with Crippen LogP contribution in [0.15, 0.2) is 24.3 Å². The number of hydrogen-bond acceptors (Lipinski definition) is 2. The van der Waals surface area contributed by atoms with Gasteiger partial charge in [-0.05, 0) is 18.4 Å². The summed E-state index contributed by atoms with van der Waals surface area (Å²) in [5.41, 5.74) is 2.10. The summed E-state index contributed by atoms with van der Waals surface area (Å²) in [4.78, 5) is 22.9. The number of amides is 2. The van der Waals surface area contributed by atoms with Crippen LogP contribution in [-0.4, -0.2) is 23.1 Å². The van der Waals surface area contributed by atoms with Gasteiger partial charge in [0.25, 0.3) is 0 Å². The van der Waals surface area contributed by atoms with Crippen molar-refractivity contribution < 1.29 is 14.7 Å². The minimum atomic E-state index is -1.01. The average molecular weight is 278 g/mol. The van der Waals surface area contributed by atoms with E-state index in [4.69, 9.17) is 5.11 Å². The number of aliphatic carboxylic acids is 1. The van der Waals surface area contributed by atoms with Crippen molar-refractivity contribution in [2.75, 3.05) is 0 Å². The molecule has 0 fully saturated rings. The molecule has 5 heteroatoms. The number of carbonyl (C=O) groups is 2. The van der Waals surface area contributed by atoms with Crippen LogP contribution in [0, 0.1) is 12.8 Å². The van der Waals surface area contributed by atoms with Crippen molar-refractivity contribution in [3.63, 3.8) is 0 Å². The molecule has 0 aliphatic heterocycles. The van der Waals surface area contributed by atoms with Gasteiger partial charge >= 0.3 is 12.0 Å². The molecular weight excluding hydrogens is 256 g/mol. The van der Waals surface area contributed by atoms with Crippen molar-refractivity contribution in [1.82, 2.24) is 10.6 Å². The van der Waals surface area contributed by atoms with Crippen molar-refractivity contribution in [3.8, 4) is 0 Å². The Balaban J connectivity index is 2.52. The Kier molecular flexibility index (Phi) is 6.03. The van der Waals surface area contributed by atoms with Crippen molar-refractivity contribution in [3.05, 3.63) is 35.4 Å². The fourth-order valence-corrected chi connectivity index (χ4v) is 1.88. The van der Waals surface area contributed by atoms with Gasteiger partial charge in [-0.2, -0.15) is 0 Å². The molecule has 0 aromatic heterocycles. The van der Waals surface area contributed by atoms with Crippen LogP contribution in [0.25, 0.3) is 0 Å². The summed E-state index contributed by atoms with van der Waals surface area (Å²) >= 11 is 0. The van der Waals surface area contributed by atoms with Crippen molar-refractivity contribution >= 4 is 12.0 Å². The zero-order valence-electron chi connectivity index (χ0n) is 12.1. The van der Waals surface area contributed by atoms with Gasteiger partial charge in [-0.3, -0.25) is 0 Å². The molecule has 5 nitrogen and oxygen atoms in total. The standard InChI is InChI=1S/C15H22N2O3/c1-4-11(3)13(14(18)19)17-15(20)16-9-12-7-5-6-10(2)8-12/h5-8,11,13H,4,9H2,1-3H3,(H,18,19)(H2,16,17,20)/t11-,13-/m0/s1. The van der Waals surface area contributed by atoms with Gasteiger partial charge in [0.2, 0.25) is 0 Å². The summed E-state index contributed by atoms with van der Waals surface area (Å²) in [7, 11) is 0. The lowest BCUT2D eigenvalue weighted by Gasteiger charge is -2.20. The third-order valence-corrected chi connectivity index (χ3v) is 3.30. The molecule has 0 saturated heterocycles. The van der Waals surface area contributed by atoms with Crippen LogP contribution in [0.4, 0.5) is 4.79 Å². The van der Waals surface area contributed by atoms with E-state index in [1.54, 1.807) is 6.92 Å². The van der Waals surface area contributed by atoms with Crippen molar-refractivity contribution in [1.29, 1.82) is 0 Å². The number of carbonyl (C=O) groups excluding carboxylic acids is 1. The molecule has 0 radical (unpaired) electrons. The Bertz CT molecular complexity index is 474. The average Bonchev–Trinajstić information content (AvgIpc) is 2.41. The fourth-order valence-electron chi connectivity index (χ4n) is 1.88. The molecule has 2 atom stereocenters. The minimum Gasteiger partial charge on any atom is -0.480 e. The third kappa shape index (κ3) is 4.91. The Morgan fingerprint density at radius 2 is 2.05 bits per heavy atom. The molecule has 0 spiro atoms. The summed E-state index contributed by atoms with van der Waals surface area (Å²) in [5, 5.41) is 14.3. The van der Waals surface area contributed by atoms with Crippen molar-refractivity contribution in [2.24, 2.45) is 5.92 Å². The first-order valence-electron chi connectivity index (χ1n) is 6.76. The van der Waals surface area contributed by atoms with Crippen LogP contribution in [0.3, 0.4) is 0 Å². The number of benzene rings is 1. The van der Waals surface area contributed by atoms with Crippen LogP contribution >= 0.6 is 0 Å². The highest BCUT2D eigenvalue weighted by atomic mass is 16.4. The highest BCUT2D eigenvalue weighted by Gasteiger charge is 2.24. The number of hydrogen-bond donors (Lipinski definition) is 3. The third-order valence-electron chi connectivity index (χ3n) is 3.30. The van der Waals surface area contributed by atoms with Gasteiger partial charge < -0.3 is 15.7 Å². The molecule has 0 saturated carbocycles. The van der Waals surface area contributed by atoms with Gasteiger partial charge in [0.1, 0.15) is 6.04 Å². The quantitative estimate of drug-likeness (QED) is 0.747.